The maximum absolute atomic E-state index is 5.75. The fraction of sp³-hybridized carbons (Fsp3) is 0.500. The molecule has 0 aliphatic rings. The van der Waals surface area contributed by atoms with Crippen molar-refractivity contribution in [3.8, 4) is 5.75 Å². The highest BCUT2D eigenvalue weighted by atomic mass is 79.9. The summed E-state index contributed by atoms with van der Waals surface area (Å²) in [6.07, 6.45) is 5.14. The maximum Gasteiger partial charge on any atom is 0.128 e. The Hall–Kier alpha value is -1.03. The summed E-state index contributed by atoms with van der Waals surface area (Å²) in [4.78, 5) is 4.96. The molecule has 0 atom stereocenters. The second-order valence-electron chi connectivity index (χ2n) is 3.79. The minimum Gasteiger partial charge on any atom is -0.493 e. The summed E-state index contributed by atoms with van der Waals surface area (Å²) in [5.74, 6) is 0.861. The zero-order valence-corrected chi connectivity index (χ0v) is 12.4. The Morgan fingerprint density at radius 2 is 2.06 bits per heavy atom. The number of hydrogen-bond donors (Lipinski definition) is 0. The molecule has 0 aliphatic heterocycles. The van der Waals surface area contributed by atoms with Crippen molar-refractivity contribution in [2.75, 3.05) is 18.5 Å². The van der Waals surface area contributed by atoms with Crippen molar-refractivity contribution in [3.05, 3.63) is 29.8 Å². The van der Waals surface area contributed by atoms with Crippen molar-refractivity contribution in [1.29, 1.82) is 0 Å². The number of alkyl halides is 1. The number of rotatable bonds is 9. The molecular formula is C14H20BrNO2. The molecule has 1 rings (SSSR count). The molecule has 0 radical (unpaired) electrons. The summed E-state index contributed by atoms with van der Waals surface area (Å²) in [5.41, 5.74) is 0.950. The first-order valence-electron chi connectivity index (χ1n) is 6.31. The lowest BCUT2D eigenvalue weighted by atomic mass is 10.2. The van der Waals surface area contributed by atoms with Crippen molar-refractivity contribution in [2.45, 2.75) is 26.2 Å². The van der Waals surface area contributed by atoms with E-state index in [4.69, 9.17) is 9.57 Å². The van der Waals surface area contributed by atoms with Crippen LogP contribution in [0.25, 0.3) is 0 Å². The van der Waals surface area contributed by atoms with Crippen molar-refractivity contribution in [2.24, 2.45) is 5.16 Å². The second-order valence-corrected chi connectivity index (χ2v) is 4.58. The van der Waals surface area contributed by atoms with Gasteiger partial charge in [-0.2, -0.15) is 0 Å². The van der Waals surface area contributed by atoms with E-state index in [0.29, 0.717) is 6.61 Å². The van der Waals surface area contributed by atoms with Gasteiger partial charge in [-0.25, -0.2) is 0 Å². The zero-order chi connectivity index (χ0) is 13.1. The predicted molar refractivity (Wildman–Crippen MR) is 78.8 cm³/mol. The lowest BCUT2D eigenvalue weighted by Crippen LogP contribution is -2.00. The monoisotopic (exact) mass is 313 g/mol. The molecule has 0 saturated carbocycles. The van der Waals surface area contributed by atoms with Crippen LogP contribution in [0.3, 0.4) is 0 Å². The van der Waals surface area contributed by atoms with Crippen LogP contribution in [-0.4, -0.2) is 24.8 Å². The number of oxime groups is 1. The Morgan fingerprint density at radius 1 is 1.22 bits per heavy atom. The Morgan fingerprint density at radius 3 is 2.83 bits per heavy atom. The van der Waals surface area contributed by atoms with Gasteiger partial charge in [0.2, 0.25) is 0 Å². The van der Waals surface area contributed by atoms with Crippen LogP contribution in [0.1, 0.15) is 31.7 Å². The van der Waals surface area contributed by atoms with E-state index < -0.39 is 0 Å². The van der Waals surface area contributed by atoms with Gasteiger partial charge in [-0.05, 0) is 38.3 Å². The van der Waals surface area contributed by atoms with E-state index in [1.54, 1.807) is 6.21 Å². The van der Waals surface area contributed by atoms with E-state index >= 15 is 0 Å². The Balaban J connectivity index is 2.43. The minimum absolute atomic E-state index is 0.575. The van der Waals surface area contributed by atoms with Crippen molar-refractivity contribution in [3.63, 3.8) is 0 Å². The summed E-state index contributed by atoms with van der Waals surface area (Å²) < 4.78 is 5.75. The molecule has 4 heteroatoms. The molecule has 0 fully saturated rings. The first-order valence-corrected chi connectivity index (χ1v) is 7.43. The van der Waals surface area contributed by atoms with Crippen LogP contribution >= 0.6 is 15.9 Å². The molecule has 0 unspecified atom stereocenters. The summed E-state index contributed by atoms with van der Waals surface area (Å²) in [5, 5.41) is 4.93. The molecule has 0 bridgehead atoms. The van der Waals surface area contributed by atoms with Gasteiger partial charge in [-0.1, -0.05) is 33.2 Å². The van der Waals surface area contributed by atoms with E-state index in [0.717, 1.165) is 29.7 Å². The highest BCUT2D eigenvalue weighted by Gasteiger charge is 2.00. The summed E-state index contributed by atoms with van der Waals surface area (Å²) >= 11 is 3.42. The van der Waals surface area contributed by atoms with E-state index in [1.807, 2.05) is 31.2 Å². The molecule has 0 spiro atoms. The molecule has 0 saturated heterocycles. The molecule has 0 N–H and O–H groups in total. The quantitative estimate of drug-likeness (QED) is 0.298. The van der Waals surface area contributed by atoms with Gasteiger partial charge < -0.3 is 9.57 Å². The molecule has 3 nitrogen and oxygen atoms in total. The van der Waals surface area contributed by atoms with Crippen molar-refractivity contribution in [1.82, 2.24) is 0 Å². The standard InChI is InChI=1S/C14H20BrNO2/c1-2-18-16-12-13-8-4-5-9-14(13)17-11-7-3-6-10-15/h4-5,8-9,12H,2-3,6-7,10-11H2,1H3. The van der Waals surface area contributed by atoms with Gasteiger partial charge in [0.25, 0.3) is 0 Å². The van der Waals surface area contributed by atoms with Gasteiger partial charge in [0.1, 0.15) is 12.4 Å². The second kappa shape index (κ2) is 9.95. The Bertz CT molecular complexity index is 355. The van der Waals surface area contributed by atoms with Crippen LogP contribution in [0.5, 0.6) is 5.75 Å². The van der Waals surface area contributed by atoms with Gasteiger partial charge in [-0.3, -0.25) is 0 Å². The van der Waals surface area contributed by atoms with Gasteiger partial charge in [0, 0.05) is 10.9 Å². The number of para-hydroxylation sites is 1. The van der Waals surface area contributed by atoms with Crippen LogP contribution in [-0.2, 0) is 4.84 Å². The summed E-state index contributed by atoms with van der Waals surface area (Å²) in [6.45, 7) is 3.22. The van der Waals surface area contributed by atoms with Crippen LogP contribution in [0.15, 0.2) is 29.4 Å². The van der Waals surface area contributed by atoms with Crippen LogP contribution in [0, 0.1) is 0 Å². The number of nitrogens with zero attached hydrogens (tertiary/aromatic N) is 1. The van der Waals surface area contributed by atoms with Crippen LogP contribution in [0.2, 0.25) is 0 Å². The summed E-state index contributed by atoms with van der Waals surface area (Å²) in [6, 6.07) is 7.85. The molecular weight excluding hydrogens is 294 g/mol. The fourth-order valence-electron chi connectivity index (χ4n) is 1.44. The Kier molecular flexibility index (Phi) is 8.30. The van der Waals surface area contributed by atoms with Gasteiger partial charge >= 0.3 is 0 Å². The smallest absolute Gasteiger partial charge is 0.128 e. The lowest BCUT2D eigenvalue weighted by molar-refractivity contribution is 0.160. The number of benzene rings is 1. The first-order chi connectivity index (χ1) is 8.88. The minimum atomic E-state index is 0.575. The summed E-state index contributed by atoms with van der Waals surface area (Å²) in [7, 11) is 0. The maximum atomic E-state index is 5.75. The largest absolute Gasteiger partial charge is 0.493 e. The molecule has 1 aromatic carbocycles. The first kappa shape index (κ1) is 15.0. The molecule has 1 aromatic rings. The molecule has 0 aliphatic carbocycles. The van der Waals surface area contributed by atoms with E-state index in [1.165, 1.54) is 12.8 Å². The number of ether oxygens (including phenoxy) is 1. The fourth-order valence-corrected chi connectivity index (χ4v) is 1.84. The molecule has 0 aromatic heterocycles. The normalized spacial score (nSPS) is 10.8. The van der Waals surface area contributed by atoms with Crippen molar-refractivity contribution < 1.29 is 9.57 Å². The molecule has 18 heavy (non-hydrogen) atoms. The average Bonchev–Trinajstić information content (AvgIpc) is 2.40. The SMILES string of the molecule is CCON=Cc1ccccc1OCCCCCBr. The highest BCUT2D eigenvalue weighted by molar-refractivity contribution is 9.09. The average molecular weight is 314 g/mol. The number of hydrogen-bond acceptors (Lipinski definition) is 3. The third-order valence-corrected chi connectivity index (χ3v) is 2.91. The number of unbranched alkanes of at least 4 members (excludes halogenated alkanes) is 2. The van der Waals surface area contributed by atoms with Crippen molar-refractivity contribution >= 4 is 22.1 Å². The van der Waals surface area contributed by atoms with Crippen LogP contribution < -0.4 is 4.74 Å². The zero-order valence-electron chi connectivity index (χ0n) is 10.8. The lowest BCUT2D eigenvalue weighted by Gasteiger charge is -2.08. The Labute approximate surface area is 117 Å². The number of halogens is 1. The van der Waals surface area contributed by atoms with E-state index in [2.05, 4.69) is 21.1 Å². The van der Waals surface area contributed by atoms with Gasteiger partial charge in [0.05, 0.1) is 12.8 Å². The van der Waals surface area contributed by atoms with Gasteiger partial charge in [-0.15, -0.1) is 0 Å². The topological polar surface area (TPSA) is 30.8 Å². The van der Waals surface area contributed by atoms with E-state index in [9.17, 15) is 0 Å². The third kappa shape index (κ3) is 6.05. The molecule has 0 amide bonds. The predicted octanol–water partition coefficient (Wildman–Crippen LogP) is 4.00. The van der Waals surface area contributed by atoms with E-state index in [-0.39, 0.29) is 0 Å². The molecule has 100 valence electrons. The van der Waals surface area contributed by atoms with Gasteiger partial charge in [0.15, 0.2) is 0 Å². The molecule has 0 heterocycles. The third-order valence-electron chi connectivity index (χ3n) is 2.35. The highest BCUT2D eigenvalue weighted by Crippen LogP contribution is 2.16. The van der Waals surface area contributed by atoms with Crippen LogP contribution in [0.4, 0.5) is 0 Å².